The highest BCUT2D eigenvalue weighted by Gasteiger charge is 2.27. The molecule has 1 heterocycles. The first-order valence-corrected chi connectivity index (χ1v) is 12.3. The molecule has 3 rings (SSSR count). The third-order valence-corrected chi connectivity index (χ3v) is 7.64. The van der Waals surface area contributed by atoms with Crippen molar-refractivity contribution in [1.29, 1.82) is 0 Å². The molecule has 0 saturated carbocycles. The number of amides is 1. The van der Waals surface area contributed by atoms with Gasteiger partial charge in [0.2, 0.25) is 10.0 Å². The van der Waals surface area contributed by atoms with Crippen LogP contribution in [0.4, 0.5) is 0 Å². The van der Waals surface area contributed by atoms with Crippen LogP contribution >= 0.6 is 23.4 Å². The van der Waals surface area contributed by atoms with Crippen LogP contribution in [0.25, 0.3) is 0 Å². The lowest BCUT2D eigenvalue weighted by Crippen LogP contribution is -2.38. The van der Waals surface area contributed by atoms with E-state index in [4.69, 9.17) is 16.3 Å². The first-order valence-electron chi connectivity index (χ1n) is 9.29. The van der Waals surface area contributed by atoms with Crippen LogP contribution in [0.1, 0.15) is 22.8 Å². The minimum atomic E-state index is -3.64. The lowest BCUT2D eigenvalue weighted by atomic mass is 10.2. The summed E-state index contributed by atoms with van der Waals surface area (Å²) in [5.41, 5.74) is 1.04. The molecule has 0 atom stereocenters. The van der Waals surface area contributed by atoms with Crippen LogP contribution in [-0.4, -0.2) is 49.8 Å². The van der Waals surface area contributed by atoms with Gasteiger partial charge < -0.3 is 10.1 Å². The van der Waals surface area contributed by atoms with Crippen molar-refractivity contribution in [2.75, 3.05) is 31.2 Å². The number of benzene rings is 2. The standard InChI is InChI=1S/C20H23ClN2O4S2/c1-2-27-16-5-3-15(4-6-16)14-22-20(24)18-13-17(7-8-19(18)21)29(25,26)23-9-11-28-12-10-23/h3-8,13H,2,9-12,14H2,1H3,(H,22,24). The average Bonchev–Trinajstić information content (AvgIpc) is 2.74. The fourth-order valence-corrected chi connectivity index (χ4v) is 5.73. The molecule has 1 amide bonds. The molecule has 1 aliphatic heterocycles. The molecule has 2 aromatic rings. The van der Waals surface area contributed by atoms with Gasteiger partial charge in [0.05, 0.1) is 22.1 Å². The zero-order valence-corrected chi connectivity index (χ0v) is 18.4. The van der Waals surface area contributed by atoms with Gasteiger partial charge in [-0.15, -0.1) is 0 Å². The molecule has 1 aliphatic rings. The lowest BCUT2D eigenvalue weighted by molar-refractivity contribution is 0.0951. The summed E-state index contributed by atoms with van der Waals surface area (Å²) in [4.78, 5) is 12.7. The van der Waals surface area contributed by atoms with Crippen LogP contribution in [0.3, 0.4) is 0 Å². The Morgan fingerprint density at radius 1 is 1.17 bits per heavy atom. The summed E-state index contributed by atoms with van der Waals surface area (Å²) in [6.07, 6.45) is 0. The van der Waals surface area contributed by atoms with Crippen LogP contribution < -0.4 is 10.1 Å². The summed E-state index contributed by atoms with van der Waals surface area (Å²) in [6.45, 7) is 3.73. The molecule has 156 valence electrons. The van der Waals surface area contributed by atoms with E-state index in [2.05, 4.69) is 5.32 Å². The van der Waals surface area contributed by atoms with Gasteiger partial charge in [0.25, 0.3) is 5.91 Å². The van der Waals surface area contributed by atoms with Crippen molar-refractivity contribution < 1.29 is 17.9 Å². The van der Waals surface area contributed by atoms with E-state index in [0.717, 1.165) is 22.8 Å². The van der Waals surface area contributed by atoms with E-state index in [0.29, 0.717) is 26.2 Å². The number of hydrogen-bond donors (Lipinski definition) is 1. The minimum absolute atomic E-state index is 0.0833. The van der Waals surface area contributed by atoms with Crippen molar-refractivity contribution in [1.82, 2.24) is 9.62 Å². The van der Waals surface area contributed by atoms with E-state index < -0.39 is 15.9 Å². The van der Waals surface area contributed by atoms with Gasteiger partial charge in [-0.3, -0.25) is 4.79 Å². The van der Waals surface area contributed by atoms with Gasteiger partial charge in [0.15, 0.2) is 0 Å². The number of carbonyl (C=O) groups excluding carboxylic acids is 1. The zero-order valence-electron chi connectivity index (χ0n) is 16.1. The molecule has 0 bridgehead atoms. The largest absolute Gasteiger partial charge is 0.494 e. The molecule has 1 saturated heterocycles. The van der Waals surface area contributed by atoms with Crippen LogP contribution in [0.15, 0.2) is 47.4 Å². The number of ether oxygens (including phenoxy) is 1. The Labute approximate surface area is 180 Å². The van der Waals surface area contributed by atoms with E-state index in [1.54, 1.807) is 11.8 Å². The number of rotatable bonds is 7. The van der Waals surface area contributed by atoms with Crippen LogP contribution in [0.2, 0.25) is 5.02 Å². The van der Waals surface area contributed by atoms with Crippen molar-refractivity contribution in [3.8, 4) is 5.75 Å². The number of halogens is 1. The summed E-state index contributed by atoms with van der Waals surface area (Å²) < 4.78 is 32.6. The number of thioether (sulfide) groups is 1. The predicted molar refractivity (Wildman–Crippen MR) is 116 cm³/mol. The van der Waals surface area contributed by atoms with Gasteiger partial charge in [-0.05, 0) is 42.8 Å². The zero-order chi connectivity index (χ0) is 20.9. The second kappa shape index (κ2) is 9.84. The summed E-state index contributed by atoms with van der Waals surface area (Å²) in [5, 5.41) is 3.00. The second-order valence-corrected chi connectivity index (χ2v) is 9.99. The number of sulfonamides is 1. The molecule has 1 N–H and O–H groups in total. The molecule has 0 aromatic heterocycles. The Morgan fingerprint density at radius 2 is 1.86 bits per heavy atom. The topological polar surface area (TPSA) is 75.7 Å². The summed E-state index contributed by atoms with van der Waals surface area (Å²) in [7, 11) is -3.64. The molecular formula is C20H23ClN2O4S2. The van der Waals surface area contributed by atoms with Gasteiger partial charge in [-0.1, -0.05) is 23.7 Å². The van der Waals surface area contributed by atoms with Crippen molar-refractivity contribution in [3.63, 3.8) is 0 Å². The Morgan fingerprint density at radius 3 is 2.52 bits per heavy atom. The Kier molecular flexibility index (Phi) is 7.45. The molecule has 0 spiro atoms. The molecule has 1 fully saturated rings. The fraction of sp³-hybridized carbons (Fsp3) is 0.350. The van der Waals surface area contributed by atoms with E-state index in [-0.39, 0.29) is 15.5 Å². The van der Waals surface area contributed by atoms with Gasteiger partial charge in [-0.25, -0.2) is 8.42 Å². The summed E-state index contributed by atoms with van der Waals surface area (Å²) in [5.74, 6) is 1.87. The SMILES string of the molecule is CCOc1ccc(CNC(=O)c2cc(S(=O)(=O)N3CCSCC3)ccc2Cl)cc1. The molecule has 29 heavy (non-hydrogen) atoms. The lowest BCUT2D eigenvalue weighted by Gasteiger charge is -2.25. The summed E-state index contributed by atoms with van der Waals surface area (Å²) >= 11 is 7.90. The fourth-order valence-electron chi connectivity index (χ4n) is 2.92. The number of nitrogens with zero attached hydrogens (tertiary/aromatic N) is 1. The Bertz CT molecular complexity index is 959. The maximum absolute atomic E-state index is 12.9. The van der Waals surface area contributed by atoms with Crippen molar-refractivity contribution in [2.24, 2.45) is 0 Å². The van der Waals surface area contributed by atoms with Gasteiger partial charge >= 0.3 is 0 Å². The average molecular weight is 455 g/mol. The van der Waals surface area contributed by atoms with E-state index >= 15 is 0 Å². The highest BCUT2D eigenvalue weighted by atomic mass is 35.5. The highest BCUT2D eigenvalue weighted by molar-refractivity contribution is 7.99. The molecule has 0 aliphatic carbocycles. The van der Waals surface area contributed by atoms with Crippen molar-refractivity contribution >= 4 is 39.3 Å². The van der Waals surface area contributed by atoms with Crippen LogP contribution in [-0.2, 0) is 16.6 Å². The quantitative estimate of drug-likeness (QED) is 0.693. The smallest absolute Gasteiger partial charge is 0.253 e. The van der Waals surface area contributed by atoms with Crippen molar-refractivity contribution in [2.45, 2.75) is 18.4 Å². The normalized spacial score (nSPS) is 15.1. The van der Waals surface area contributed by atoms with Gasteiger partial charge in [-0.2, -0.15) is 16.1 Å². The maximum Gasteiger partial charge on any atom is 0.253 e. The van der Waals surface area contributed by atoms with Gasteiger partial charge in [0, 0.05) is 31.1 Å². The number of carbonyl (C=O) groups is 1. The van der Waals surface area contributed by atoms with Gasteiger partial charge in [0.1, 0.15) is 5.75 Å². The molecule has 6 nitrogen and oxygen atoms in total. The van der Waals surface area contributed by atoms with E-state index in [1.165, 1.54) is 22.5 Å². The Hall–Kier alpha value is -1.74. The number of nitrogens with one attached hydrogen (secondary N) is 1. The van der Waals surface area contributed by atoms with Crippen LogP contribution in [0.5, 0.6) is 5.75 Å². The Balaban J connectivity index is 1.72. The van der Waals surface area contributed by atoms with Crippen LogP contribution in [0, 0.1) is 0 Å². The molecule has 9 heteroatoms. The molecule has 0 unspecified atom stereocenters. The predicted octanol–water partition coefficient (Wildman–Crippen LogP) is 3.41. The summed E-state index contributed by atoms with van der Waals surface area (Å²) in [6, 6.07) is 11.7. The van der Waals surface area contributed by atoms with E-state index in [9.17, 15) is 13.2 Å². The number of hydrogen-bond acceptors (Lipinski definition) is 5. The molecule has 2 aromatic carbocycles. The maximum atomic E-state index is 12.9. The minimum Gasteiger partial charge on any atom is -0.494 e. The molecular weight excluding hydrogens is 432 g/mol. The second-order valence-electron chi connectivity index (χ2n) is 6.42. The highest BCUT2D eigenvalue weighted by Crippen LogP contribution is 2.25. The molecule has 0 radical (unpaired) electrons. The first-order chi connectivity index (χ1) is 13.9. The van der Waals surface area contributed by atoms with E-state index in [1.807, 2.05) is 31.2 Å². The first kappa shape index (κ1) is 22.0. The third kappa shape index (κ3) is 5.45. The third-order valence-electron chi connectivity index (χ3n) is 4.48. The monoisotopic (exact) mass is 454 g/mol. The van der Waals surface area contributed by atoms with Crippen molar-refractivity contribution in [3.05, 3.63) is 58.6 Å².